The van der Waals surface area contributed by atoms with Crippen LogP contribution in [-0.4, -0.2) is 38.8 Å². The van der Waals surface area contributed by atoms with Gasteiger partial charge in [0, 0.05) is 35.8 Å². The number of aryl methyl sites for hydroxylation is 1. The Hall–Kier alpha value is -2.31. The SMILES string of the molecule is Cc1ncsc1C(=O)N1CCC(c2cncc(-c3cccc(Cl)c3)n2)CC1. The van der Waals surface area contributed by atoms with Gasteiger partial charge in [0.05, 0.1) is 28.8 Å². The van der Waals surface area contributed by atoms with Crippen LogP contribution in [0.4, 0.5) is 0 Å². The molecule has 0 atom stereocenters. The Morgan fingerprint density at radius 3 is 2.78 bits per heavy atom. The summed E-state index contributed by atoms with van der Waals surface area (Å²) < 4.78 is 0. The minimum Gasteiger partial charge on any atom is -0.338 e. The fourth-order valence-electron chi connectivity index (χ4n) is 3.39. The summed E-state index contributed by atoms with van der Waals surface area (Å²) in [4.78, 5) is 28.7. The molecule has 1 aliphatic heterocycles. The highest BCUT2D eigenvalue weighted by Gasteiger charge is 2.27. The molecule has 7 heteroatoms. The number of carbonyl (C=O) groups excluding carboxylic acids is 1. The Labute approximate surface area is 167 Å². The zero-order valence-electron chi connectivity index (χ0n) is 14.9. The molecule has 4 rings (SSSR count). The number of hydrogen-bond acceptors (Lipinski definition) is 5. The predicted molar refractivity (Wildman–Crippen MR) is 107 cm³/mol. The van der Waals surface area contributed by atoms with Gasteiger partial charge in [-0.15, -0.1) is 11.3 Å². The first-order chi connectivity index (χ1) is 13.1. The van der Waals surface area contributed by atoms with Crippen LogP contribution in [0.15, 0.2) is 42.2 Å². The van der Waals surface area contributed by atoms with Crippen molar-refractivity contribution in [2.24, 2.45) is 0 Å². The number of piperidine rings is 1. The molecule has 1 fully saturated rings. The molecule has 0 radical (unpaired) electrons. The van der Waals surface area contributed by atoms with E-state index in [0.29, 0.717) is 10.9 Å². The lowest BCUT2D eigenvalue weighted by atomic mass is 9.93. The normalized spacial score (nSPS) is 15.1. The Balaban J connectivity index is 1.46. The minimum atomic E-state index is 0.0900. The van der Waals surface area contributed by atoms with Crippen LogP contribution in [0.1, 0.15) is 39.8 Å². The Bertz CT molecular complexity index is 966. The summed E-state index contributed by atoms with van der Waals surface area (Å²) in [5.41, 5.74) is 5.31. The van der Waals surface area contributed by atoms with Crippen LogP contribution in [-0.2, 0) is 0 Å². The van der Waals surface area contributed by atoms with Gasteiger partial charge >= 0.3 is 0 Å². The highest BCUT2D eigenvalue weighted by molar-refractivity contribution is 7.11. The van der Waals surface area contributed by atoms with E-state index in [0.717, 1.165) is 53.5 Å². The second-order valence-electron chi connectivity index (χ2n) is 6.67. The molecule has 2 aromatic heterocycles. The van der Waals surface area contributed by atoms with Gasteiger partial charge in [0.15, 0.2) is 0 Å². The maximum atomic E-state index is 12.7. The summed E-state index contributed by atoms with van der Waals surface area (Å²) in [6.45, 7) is 3.33. The summed E-state index contributed by atoms with van der Waals surface area (Å²) in [5, 5.41) is 0.685. The maximum Gasteiger partial charge on any atom is 0.265 e. The number of aromatic nitrogens is 3. The van der Waals surface area contributed by atoms with E-state index in [4.69, 9.17) is 16.6 Å². The van der Waals surface area contributed by atoms with E-state index in [1.165, 1.54) is 11.3 Å². The van der Waals surface area contributed by atoms with Crippen molar-refractivity contribution in [3.05, 3.63) is 63.5 Å². The van der Waals surface area contributed by atoms with Gasteiger partial charge in [-0.25, -0.2) is 9.97 Å². The Morgan fingerprint density at radius 1 is 1.26 bits per heavy atom. The zero-order chi connectivity index (χ0) is 18.8. The van der Waals surface area contributed by atoms with Crippen LogP contribution < -0.4 is 0 Å². The third-order valence-electron chi connectivity index (χ3n) is 4.91. The zero-order valence-corrected chi connectivity index (χ0v) is 16.5. The second-order valence-corrected chi connectivity index (χ2v) is 7.96. The van der Waals surface area contributed by atoms with E-state index in [2.05, 4.69) is 9.97 Å². The van der Waals surface area contributed by atoms with Crippen molar-refractivity contribution < 1.29 is 4.79 Å². The molecular formula is C20H19ClN4OS. The molecule has 5 nitrogen and oxygen atoms in total. The van der Waals surface area contributed by atoms with Crippen LogP contribution >= 0.6 is 22.9 Å². The molecule has 1 saturated heterocycles. The first kappa shape index (κ1) is 18.1. The number of thiazole rings is 1. The molecule has 3 aromatic rings. The van der Waals surface area contributed by atoms with Crippen molar-refractivity contribution >= 4 is 28.8 Å². The number of amides is 1. The maximum absolute atomic E-state index is 12.7. The van der Waals surface area contributed by atoms with E-state index >= 15 is 0 Å². The van der Waals surface area contributed by atoms with Gasteiger partial charge < -0.3 is 4.90 Å². The largest absolute Gasteiger partial charge is 0.338 e. The third-order valence-corrected chi connectivity index (χ3v) is 6.07. The summed E-state index contributed by atoms with van der Waals surface area (Å²) in [7, 11) is 0. The number of halogens is 1. The summed E-state index contributed by atoms with van der Waals surface area (Å²) in [6.07, 6.45) is 5.37. The number of carbonyl (C=O) groups is 1. The highest BCUT2D eigenvalue weighted by atomic mass is 35.5. The van der Waals surface area contributed by atoms with E-state index in [1.807, 2.05) is 42.3 Å². The van der Waals surface area contributed by atoms with Crippen molar-refractivity contribution in [2.75, 3.05) is 13.1 Å². The van der Waals surface area contributed by atoms with Crippen LogP contribution in [0.3, 0.4) is 0 Å². The molecule has 0 bridgehead atoms. The van der Waals surface area contributed by atoms with Gasteiger partial charge in [0.1, 0.15) is 4.88 Å². The van der Waals surface area contributed by atoms with Gasteiger partial charge in [-0.05, 0) is 31.9 Å². The van der Waals surface area contributed by atoms with Crippen LogP contribution in [0, 0.1) is 6.92 Å². The van der Waals surface area contributed by atoms with Crippen molar-refractivity contribution in [1.29, 1.82) is 0 Å². The molecule has 1 amide bonds. The number of rotatable bonds is 3. The second kappa shape index (κ2) is 7.74. The monoisotopic (exact) mass is 398 g/mol. The first-order valence-electron chi connectivity index (χ1n) is 8.89. The summed E-state index contributed by atoms with van der Waals surface area (Å²) in [5.74, 6) is 0.399. The van der Waals surface area contributed by atoms with E-state index < -0.39 is 0 Å². The van der Waals surface area contributed by atoms with Gasteiger partial charge in [-0.2, -0.15) is 0 Å². The quantitative estimate of drug-likeness (QED) is 0.647. The van der Waals surface area contributed by atoms with Crippen molar-refractivity contribution in [2.45, 2.75) is 25.7 Å². The molecule has 0 aliphatic carbocycles. The van der Waals surface area contributed by atoms with E-state index in [9.17, 15) is 4.79 Å². The fraction of sp³-hybridized carbons (Fsp3) is 0.300. The molecular weight excluding hydrogens is 380 g/mol. The molecule has 1 aromatic carbocycles. The molecule has 1 aliphatic rings. The Kier molecular flexibility index (Phi) is 5.18. The van der Waals surface area contributed by atoms with E-state index in [-0.39, 0.29) is 5.91 Å². The number of hydrogen-bond donors (Lipinski definition) is 0. The van der Waals surface area contributed by atoms with Crippen molar-refractivity contribution in [1.82, 2.24) is 19.9 Å². The average molecular weight is 399 g/mol. The fourth-order valence-corrected chi connectivity index (χ4v) is 4.35. The van der Waals surface area contributed by atoms with Crippen molar-refractivity contribution in [3.8, 4) is 11.3 Å². The van der Waals surface area contributed by atoms with Crippen LogP contribution in [0.2, 0.25) is 5.02 Å². The lowest BCUT2D eigenvalue weighted by Crippen LogP contribution is -2.38. The molecule has 3 heterocycles. The molecule has 0 spiro atoms. The smallest absolute Gasteiger partial charge is 0.265 e. The lowest BCUT2D eigenvalue weighted by molar-refractivity contribution is 0.0716. The summed E-state index contributed by atoms with van der Waals surface area (Å²) >= 11 is 7.51. The number of likely N-dealkylation sites (tertiary alicyclic amines) is 1. The topological polar surface area (TPSA) is 59.0 Å². The Morgan fingerprint density at radius 2 is 2.07 bits per heavy atom. The van der Waals surface area contributed by atoms with Gasteiger partial charge in [-0.3, -0.25) is 9.78 Å². The molecule has 0 unspecified atom stereocenters. The van der Waals surface area contributed by atoms with Crippen LogP contribution in [0.5, 0.6) is 0 Å². The van der Waals surface area contributed by atoms with Crippen molar-refractivity contribution in [3.63, 3.8) is 0 Å². The summed E-state index contributed by atoms with van der Waals surface area (Å²) in [6, 6.07) is 7.64. The van der Waals surface area contributed by atoms with E-state index in [1.54, 1.807) is 11.7 Å². The molecule has 0 N–H and O–H groups in total. The molecule has 27 heavy (non-hydrogen) atoms. The standard InChI is InChI=1S/C20H19ClN4OS/c1-13-19(27-12-23-13)20(26)25-7-5-14(6-8-25)17-10-22-11-18(24-17)15-3-2-4-16(21)9-15/h2-4,9-12,14H,5-8H2,1H3. The highest BCUT2D eigenvalue weighted by Crippen LogP contribution is 2.29. The molecule has 138 valence electrons. The lowest BCUT2D eigenvalue weighted by Gasteiger charge is -2.31. The molecule has 0 saturated carbocycles. The van der Waals surface area contributed by atoms with Gasteiger partial charge in [-0.1, -0.05) is 23.7 Å². The first-order valence-corrected chi connectivity index (χ1v) is 10.1. The predicted octanol–water partition coefficient (Wildman–Crippen LogP) is 4.58. The average Bonchev–Trinajstić information content (AvgIpc) is 3.13. The van der Waals surface area contributed by atoms with Gasteiger partial charge in [0.2, 0.25) is 0 Å². The van der Waals surface area contributed by atoms with Crippen LogP contribution in [0.25, 0.3) is 11.3 Å². The van der Waals surface area contributed by atoms with Gasteiger partial charge in [0.25, 0.3) is 5.91 Å². The minimum absolute atomic E-state index is 0.0900. The number of benzene rings is 1. The number of nitrogens with zero attached hydrogens (tertiary/aromatic N) is 4. The third kappa shape index (κ3) is 3.87.